The molecule has 0 aromatic heterocycles. The van der Waals surface area contributed by atoms with Crippen LogP contribution in [0, 0.1) is 10.8 Å². The van der Waals surface area contributed by atoms with Gasteiger partial charge in [-0.05, 0) is 20.0 Å². The number of hydrogen-bond donors (Lipinski definition) is 5. The van der Waals surface area contributed by atoms with E-state index in [9.17, 15) is 0 Å². The number of nitrogens with zero attached hydrogens (tertiary/aromatic N) is 1. The van der Waals surface area contributed by atoms with Gasteiger partial charge in [0.25, 0.3) is 0 Å². The van der Waals surface area contributed by atoms with Crippen LogP contribution in [0.3, 0.4) is 0 Å². The first kappa shape index (κ1) is 12.7. The summed E-state index contributed by atoms with van der Waals surface area (Å²) in [5.74, 6) is -0.175. The van der Waals surface area contributed by atoms with Crippen molar-refractivity contribution < 1.29 is 0 Å². The van der Waals surface area contributed by atoms with E-state index in [0.717, 1.165) is 13.1 Å². The third kappa shape index (κ3) is 4.66. The number of nitrogens with two attached hydrogens (primary N) is 1. The fourth-order valence-electron chi connectivity index (χ4n) is 1.24. The lowest BCUT2D eigenvalue weighted by Gasteiger charge is -2.27. The Bertz CT molecular complexity index is 198. The van der Waals surface area contributed by atoms with Crippen LogP contribution in [0.4, 0.5) is 0 Å². The molecule has 14 heavy (non-hydrogen) atoms. The first-order chi connectivity index (χ1) is 6.51. The molecule has 0 radical (unpaired) electrons. The quantitative estimate of drug-likeness (QED) is 0.244. The van der Waals surface area contributed by atoms with Crippen molar-refractivity contribution in [2.45, 2.75) is 26.9 Å². The minimum atomic E-state index is -0.228. The second kappa shape index (κ2) is 6.20. The van der Waals surface area contributed by atoms with Crippen molar-refractivity contribution in [3.63, 3.8) is 0 Å². The molecule has 0 amide bonds. The van der Waals surface area contributed by atoms with Gasteiger partial charge in [-0.15, -0.1) is 0 Å². The SMILES string of the molecule is CCN(CC)C(C)NC(=N)NC(=N)N. The Labute approximate surface area is 84.9 Å². The largest absolute Gasteiger partial charge is 0.370 e. The second-order valence-corrected chi connectivity index (χ2v) is 2.96. The van der Waals surface area contributed by atoms with Crippen LogP contribution in [0.5, 0.6) is 0 Å². The number of nitrogens with one attached hydrogen (secondary N) is 4. The van der Waals surface area contributed by atoms with Gasteiger partial charge in [0.2, 0.25) is 0 Å². The van der Waals surface area contributed by atoms with Crippen molar-refractivity contribution in [3.8, 4) is 0 Å². The van der Waals surface area contributed by atoms with Crippen molar-refractivity contribution in [3.05, 3.63) is 0 Å². The summed E-state index contributed by atoms with van der Waals surface area (Å²) < 4.78 is 0. The summed E-state index contributed by atoms with van der Waals surface area (Å²) in [6, 6.07) is 0. The molecular formula is C8H20N6. The highest BCUT2D eigenvalue weighted by atomic mass is 15.3. The standard InChI is InChI=1S/C8H20N6/c1-4-14(5-2)6(3)12-8(11)13-7(9)10/h6H,4-5H2,1-3H3,(H6,9,10,11,12,13). The van der Waals surface area contributed by atoms with Gasteiger partial charge in [-0.25, -0.2) is 0 Å². The van der Waals surface area contributed by atoms with Crippen LogP contribution in [0.25, 0.3) is 0 Å². The van der Waals surface area contributed by atoms with Crippen LogP contribution in [0.2, 0.25) is 0 Å². The van der Waals surface area contributed by atoms with Gasteiger partial charge in [0.1, 0.15) is 0 Å². The highest BCUT2D eigenvalue weighted by molar-refractivity contribution is 5.94. The Balaban J connectivity index is 3.97. The summed E-state index contributed by atoms with van der Waals surface area (Å²) >= 11 is 0. The predicted molar refractivity (Wildman–Crippen MR) is 58.3 cm³/mol. The Morgan fingerprint density at radius 2 is 1.86 bits per heavy atom. The topological polar surface area (TPSA) is 101 Å². The van der Waals surface area contributed by atoms with Crippen LogP contribution >= 0.6 is 0 Å². The van der Waals surface area contributed by atoms with Gasteiger partial charge in [-0.2, -0.15) is 0 Å². The molecular weight excluding hydrogens is 180 g/mol. The van der Waals surface area contributed by atoms with E-state index in [1.807, 2.05) is 6.92 Å². The molecule has 1 atom stereocenters. The molecule has 0 aliphatic rings. The first-order valence-electron chi connectivity index (χ1n) is 4.71. The monoisotopic (exact) mass is 200 g/mol. The summed E-state index contributed by atoms with van der Waals surface area (Å²) in [7, 11) is 0. The zero-order chi connectivity index (χ0) is 11.1. The fraction of sp³-hybridized carbons (Fsp3) is 0.750. The molecule has 0 saturated heterocycles. The Morgan fingerprint density at radius 1 is 1.36 bits per heavy atom. The van der Waals surface area contributed by atoms with E-state index in [0.29, 0.717) is 0 Å². The highest BCUT2D eigenvalue weighted by Crippen LogP contribution is 1.93. The van der Waals surface area contributed by atoms with Crippen LogP contribution in [-0.4, -0.2) is 36.1 Å². The minimum absolute atomic E-state index is 0.0527. The summed E-state index contributed by atoms with van der Waals surface area (Å²) in [5, 5.41) is 19.6. The molecule has 0 heterocycles. The Hall–Kier alpha value is -1.30. The van der Waals surface area contributed by atoms with E-state index in [-0.39, 0.29) is 18.1 Å². The van der Waals surface area contributed by atoms with Crippen LogP contribution in [0.15, 0.2) is 0 Å². The number of rotatable bonds is 4. The van der Waals surface area contributed by atoms with Crippen LogP contribution in [-0.2, 0) is 0 Å². The van der Waals surface area contributed by atoms with E-state index in [2.05, 4.69) is 29.4 Å². The van der Waals surface area contributed by atoms with Crippen molar-refractivity contribution in [1.82, 2.24) is 15.5 Å². The van der Waals surface area contributed by atoms with Crippen molar-refractivity contribution in [2.24, 2.45) is 5.73 Å². The van der Waals surface area contributed by atoms with Gasteiger partial charge < -0.3 is 11.1 Å². The van der Waals surface area contributed by atoms with Gasteiger partial charge in [-0.1, -0.05) is 13.8 Å². The summed E-state index contributed by atoms with van der Waals surface area (Å²) in [5.41, 5.74) is 5.09. The van der Waals surface area contributed by atoms with E-state index in [1.165, 1.54) is 0 Å². The molecule has 0 aromatic rings. The molecule has 0 fully saturated rings. The highest BCUT2D eigenvalue weighted by Gasteiger charge is 2.10. The lowest BCUT2D eigenvalue weighted by atomic mass is 10.4. The molecule has 0 aliphatic carbocycles. The number of hydrogen-bond acceptors (Lipinski definition) is 3. The molecule has 1 unspecified atom stereocenters. The van der Waals surface area contributed by atoms with Crippen LogP contribution in [0.1, 0.15) is 20.8 Å². The Morgan fingerprint density at radius 3 is 2.21 bits per heavy atom. The maximum Gasteiger partial charge on any atom is 0.196 e. The molecule has 0 bridgehead atoms. The van der Waals surface area contributed by atoms with Crippen LogP contribution < -0.4 is 16.4 Å². The zero-order valence-electron chi connectivity index (χ0n) is 9.02. The first-order valence-corrected chi connectivity index (χ1v) is 4.71. The molecule has 6 N–H and O–H groups in total. The van der Waals surface area contributed by atoms with Gasteiger partial charge in [-0.3, -0.25) is 21.0 Å². The third-order valence-electron chi connectivity index (χ3n) is 1.97. The summed E-state index contributed by atoms with van der Waals surface area (Å²) in [6.45, 7) is 7.91. The summed E-state index contributed by atoms with van der Waals surface area (Å²) in [6.07, 6.45) is 0.0596. The lowest BCUT2D eigenvalue weighted by molar-refractivity contribution is 0.217. The molecule has 0 rings (SSSR count). The molecule has 6 nitrogen and oxygen atoms in total. The van der Waals surface area contributed by atoms with Gasteiger partial charge >= 0.3 is 0 Å². The molecule has 0 spiro atoms. The van der Waals surface area contributed by atoms with Gasteiger partial charge in [0.15, 0.2) is 11.9 Å². The van der Waals surface area contributed by atoms with Gasteiger partial charge in [0, 0.05) is 0 Å². The lowest BCUT2D eigenvalue weighted by Crippen LogP contribution is -2.52. The van der Waals surface area contributed by atoms with Crippen molar-refractivity contribution >= 4 is 11.9 Å². The zero-order valence-corrected chi connectivity index (χ0v) is 9.02. The molecule has 6 heteroatoms. The average molecular weight is 200 g/mol. The van der Waals surface area contributed by atoms with Crippen molar-refractivity contribution in [1.29, 1.82) is 10.8 Å². The second-order valence-electron chi connectivity index (χ2n) is 2.96. The number of guanidine groups is 2. The summed E-state index contributed by atoms with van der Waals surface area (Å²) in [4.78, 5) is 2.15. The average Bonchev–Trinajstić information content (AvgIpc) is 2.04. The molecule has 0 saturated carbocycles. The smallest absolute Gasteiger partial charge is 0.196 e. The fourth-order valence-corrected chi connectivity index (χ4v) is 1.24. The normalized spacial score (nSPS) is 12.3. The van der Waals surface area contributed by atoms with E-state index < -0.39 is 0 Å². The van der Waals surface area contributed by atoms with E-state index in [4.69, 9.17) is 16.6 Å². The maximum atomic E-state index is 7.42. The van der Waals surface area contributed by atoms with E-state index >= 15 is 0 Å². The minimum Gasteiger partial charge on any atom is -0.370 e. The Kier molecular flexibility index (Phi) is 5.62. The molecule has 0 aliphatic heterocycles. The van der Waals surface area contributed by atoms with Crippen molar-refractivity contribution in [2.75, 3.05) is 13.1 Å². The predicted octanol–water partition coefficient (Wildman–Crippen LogP) is -0.318. The van der Waals surface area contributed by atoms with Gasteiger partial charge in [0.05, 0.1) is 6.17 Å². The molecule has 0 aromatic carbocycles. The maximum absolute atomic E-state index is 7.42. The third-order valence-corrected chi connectivity index (χ3v) is 1.97. The molecule has 82 valence electrons. The van der Waals surface area contributed by atoms with E-state index in [1.54, 1.807) is 0 Å².